The number of carbonyl (C=O) groups is 2. The number of methoxy groups -OCH3 is 2. The summed E-state index contributed by atoms with van der Waals surface area (Å²) < 4.78 is 21.6. The number of benzene rings is 2. The fourth-order valence-electron chi connectivity index (χ4n) is 4.15. The molecule has 0 bridgehead atoms. The Morgan fingerprint density at radius 3 is 2.69 bits per heavy atom. The van der Waals surface area contributed by atoms with Gasteiger partial charge in [0.15, 0.2) is 0 Å². The number of carbonyl (C=O) groups excluding carboxylic acids is 2. The molecule has 2 aromatic rings. The maximum atomic E-state index is 12.3. The van der Waals surface area contributed by atoms with Crippen molar-refractivity contribution in [3.63, 3.8) is 0 Å². The molecule has 1 fully saturated rings. The molecule has 1 amide bonds. The first-order valence-corrected chi connectivity index (χ1v) is 10.8. The Labute approximate surface area is 187 Å². The van der Waals surface area contributed by atoms with Crippen molar-refractivity contribution in [2.24, 2.45) is 0 Å². The van der Waals surface area contributed by atoms with Crippen molar-refractivity contribution in [2.45, 2.75) is 38.3 Å². The lowest BCUT2D eigenvalue weighted by atomic mass is 10.1. The molecule has 32 heavy (non-hydrogen) atoms. The van der Waals surface area contributed by atoms with Crippen molar-refractivity contribution < 1.29 is 28.5 Å². The summed E-state index contributed by atoms with van der Waals surface area (Å²) in [7, 11) is 2.92. The van der Waals surface area contributed by atoms with Crippen LogP contribution in [-0.2, 0) is 16.0 Å². The highest BCUT2D eigenvalue weighted by atomic mass is 16.6. The van der Waals surface area contributed by atoms with Crippen molar-refractivity contribution in [3.05, 3.63) is 47.5 Å². The summed E-state index contributed by atoms with van der Waals surface area (Å²) in [5.41, 5.74) is 2.87. The number of ether oxygens (including phenoxy) is 4. The zero-order valence-corrected chi connectivity index (χ0v) is 18.4. The number of nitrogens with zero attached hydrogens (tertiary/aromatic N) is 1. The molecule has 1 saturated carbocycles. The van der Waals surface area contributed by atoms with Gasteiger partial charge in [0.2, 0.25) is 0 Å². The van der Waals surface area contributed by atoms with Crippen LogP contribution in [0.3, 0.4) is 0 Å². The minimum atomic E-state index is -0.430. The van der Waals surface area contributed by atoms with E-state index in [1.165, 1.54) is 7.11 Å². The number of rotatable bonds is 6. The molecule has 1 heterocycles. The van der Waals surface area contributed by atoms with E-state index >= 15 is 0 Å². The summed E-state index contributed by atoms with van der Waals surface area (Å²) >= 11 is 0. The molecule has 0 spiro atoms. The predicted molar refractivity (Wildman–Crippen MR) is 120 cm³/mol. The molecule has 2 aliphatic rings. The number of amides is 1. The molecule has 2 aromatic carbocycles. The first-order chi connectivity index (χ1) is 15.6. The van der Waals surface area contributed by atoms with Crippen LogP contribution in [0.2, 0.25) is 0 Å². The number of anilines is 2. The topological polar surface area (TPSA) is 86.3 Å². The van der Waals surface area contributed by atoms with Crippen molar-refractivity contribution >= 4 is 23.4 Å². The number of esters is 1. The summed E-state index contributed by atoms with van der Waals surface area (Å²) in [5.74, 6) is 0.943. The van der Waals surface area contributed by atoms with E-state index in [-0.39, 0.29) is 6.10 Å². The van der Waals surface area contributed by atoms with Crippen LogP contribution in [0.25, 0.3) is 0 Å². The summed E-state index contributed by atoms with van der Waals surface area (Å²) in [6.45, 7) is 1.77. The van der Waals surface area contributed by atoms with Crippen molar-refractivity contribution in [1.82, 2.24) is 0 Å². The largest absolute Gasteiger partial charge is 0.496 e. The van der Waals surface area contributed by atoms with Gasteiger partial charge in [0.1, 0.15) is 24.2 Å². The van der Waals surface area contributed by atoms with Gasteiger partial charge in [-0.05, 0) is 56.0 Å². The highest BCUT2D eigenvalue weighted by molar-refractivity contribution is 5.90. The maximum absolute atomic E-state index is 12.3. The molecule has 8 heteroatoms. The van der Waals surface area contributed by atoms with Gasteiger partial charge >= 0.3 is 12.1 Å². The molecule has 0 atom stereocenters. The maximum Gasteiger partial charge on any atom is 0.411 e. The van der Waals surface area contributed by atoms with E-state index in [2.05, 4.69) is 10.2 Å². The van der Waals surface area contributed by atoms with Crippen LogP contribution in [0.4, 0.5) is 16.2 Å². The van der Waals surface area contributed by atoms with Crippen LogP contribution >= 0.6 is 0 Å². The van der Waals surface area contributed by atoms with E-state index < -0.39 is 12.1 Å². The molecule has 0 aromatic heterocycles. The fourth-order valence-corrected chi connectivity index (χ4v) is 4.15. The Balaban J connectivity index is 1.50. The first kappa shape index (κ1) is 21.8. The molecule has 1 N–H and O–H groups in total. The second-order valence-electron chi connectivity index (χ2n) is 7.91. The van der Waals surface area contributed by atoms with Gasteiger partial charge in [-0.2, -0.15) is 0 Å². The van der Waals surface area contributed by atoms with Crippen LogP contribution in [0.1, 0.15) is 41.6 Å². The first-order valence-electron chi connectivity index (χ1n) is 10.8. The lowest BCUT2D eigenvalue weighted by Gasteiger charge is -2.32. The second kappa shape index (κ2) is 9.80. The highest BCUT2D eigenvalue weighted by Gasteiger charge is 2.23. The zero-order chi connectivity index (χ0) is 22.5. The van der Waals surface area contributed by atoms with E-state index in [9.17, 15) is 9.59 Å². The average molecular weight is 440 g/mol. The van der Waals surface area contributed by atoms with Crippen LogP contribution in [0, 0.1) is 0 Å². The quantitative estimate of drug-likeness (QED) is 0.668. The summed E-state index contributed by atoms with van der Waals surface area (Å²) in [5, 5.41) is 2.83. The second-order valence-corrected chi connectivity index (χ2v) is 7.91. The normalized spacial score (nSPS) is 15.5. The van der Waals surface area contributed by atoms with Crippen molar-refractivity contribution in [1.29, 1.82) is 0 Å². The SMILES string of the molecule is COC(=O)c1ccc(CN2CCOc3ccc(NC(=O)OC4CCCC4)cc32)c(OC)c1. The number of hydrogen-bond donors (Lipinski definition) is 1. The van der Waals surface area contributed by atoms with Crippen LogP contribution in [0.15, 0.2) is 36.4 Å². The Morgan fingerprint density at radius 1 is 1.12 bits per heavy atom. The van der Waals surface area contributed by atoms with E-state index in [0.717, 1.165) is 42.7 Å². The molecule has 170 valence electrons. The molecule has 0 unspecified atom stereocenters. The van der Waals surface area contributed by atoms with Crippen LogP contribution < -0.4 is 19.7 Å². The van der Waals surface area contributed by atoms with Gasteiger partial charge in [-0.15, -0.1) is 0 Å². The monoisotopic (exact) mass is 440 g/mol. The van der Waals surface area contributed by atoms with Gasteiger partial charge in [0.25, 0.3) is 0 Å². The standard InChI is InChI=1S/C24H28N2O6/c1-29-22-13-16(23(27)30-2)7-8-17(22)15-26-11-12-31-21-10-9-18(14-20(21)26)25-24(28)32-19-5-3-4-6-19/h7-10,13-14,19H,3-6,11-12,15H2,1-2H3,(H,25,28). The van der Waals surface area contributed by atoms with Crippen LogP contribution in [0.5, 0.6) is 11.5 Å². The molecule has 1 aliphatic heterocycles. The number of hydrogen-bond acceptors (Lipinski definition) is 7. The van der Waals surface area contributed by atoms with Crippen molar-refractivity contribution in [3.8, 4) is 11.5 Å². The molecule has 8 nitrogen and oxygen atoms in total. The van der Waals surface area contributed by atoms with Gasteiger partial charge < -0.3 is 23.8 Å². The molecular weight excluding hydrogens is 412 g/mol. The van der Waals surface area contributed by atoms with E-state index in [4.69, 9.17) is 18.9 Å². The van der Waals surface area contributed by atoms with E-state index in [1.807, 2.05) is 24.3 Å². The minimum Gasteiger partial charge on any atom is -0.496 e. The summed E-state index contributed by atoms with van der Waals surface area (Å²) in [6, 6.07) is 10.8. The minimum absolute atomic E-state index is 0.00730. The third-order valence-electron chi connectivity index (χ3n) is 5.81. The highest BCUT2D eigenvalue weighted by Crippen LogP contribution is 2.36. The van der Waals surface area contributed by atoms with Gasteiger partial charge in [0.05, 0.1) is 32.0 Å². The van der Waals surface area contributed by atoms with Crippen LogP contribution in [-0.4, -0.2) is 45.5 Å². The van der Waals surface area contributed by atoms with Gasteiger partial charge in [0, 0.05) is 17.8 Å². The lowest BCUT2D eigenvalue weighted by Crippen LogP contribution is -2.32. The van der Waals surface area contributed by atoms with Gasteiger partial charge in [-0.25, -0.2) is 9.59 Å². The third-order valence-corrected chi connectivity index (χ3v) is 5.81. The molecule has 0 saturated heterocycles. The summed E-state index contributed by atoms with van der Waals surface area (Å²) in [4.78, 5) is 26.3. The molecule has 4 rings (SSSR count). The summed E-state index contributed by atoms with van der Waals surface area (Å²) in [6.07, 6.45) is 3.64. The van der Waals surface area contributed by atoms with E-state index in [0.29, 0.717) is 36.7 Å². The average Bonchev–Trinajstić information content (AvgIpc) is 3.32. The molecular formula is C24H28N2O6. The third kappa shape index (κ3) is 4.90. The van der Waals surface area contributed by atoms with Gasteiger partial charge in [-0.3, -0.25) is 5.32 Å². The predicted octanol–water partition coefficient (Wildman–Crippen LogP) is 4.37. The fraction of sp³-hybridized carbons (Fsp3) is 0.417. The molecule has 1 aliphatic carbocycles. The number of fused-ring (bicyclic) bond motifs is 1. The van der Waals surface area contributed by atoms with Crippen molar-refractivity contribution in [2.75, 3.05) is 37.6 Å². The number of nitrogens with one attached hydrogen (secondary N) is 1. The Kier molecular flexibility index (Phi) is 6.68. The zero-order valence-electron chi connectivity index (χ0n) is 18.4. The molecule has 0 radical (unpaired) electrons. The lowest BCUT2D eigenvalue weighted by molar-refractivity contribution is 0.0600. The Morgan fingerprint density at radius 2 is 1.94 bits per heavy atom. The Bertz CT molecular complexity index is 986. The smallest absolute Gasteiger partial charge is 0.411 e. The Hall–Kier alpha value is -3.42. The van der Waals surface area contributed by atoms with Gasteiger partial charge in [-0.1, -0.05) is 6.07 Å². The van der Waals surface area contributed by atoms with E-state index in [1.54, 1.807) is 19.2 Å².